The Morgan fingerprint density at radius 2 is 0.921 bits per heavy atom. The first kappa shape index (κ1) is 106. The number of anilines is 1. The van der Waals surface area contributed by atoms with Gasteiger partial charge in [-0.1, -0.05) is 13.8 Å². The average molecular weight is 1880 g/mol. The lowest BCUT2D eigenvalue weighted by molar-refractivity contribution is -0.270. The fourth-order valence-corrected chi connectivity index (χ4v) is 15.1. The zero-order valence-corrected chi connectivity index (χ0v) is 72.1. The molecule has 5 aliphatic rings. The molecule has 5 fully saturated rings. The number of carbonyl (C=O) groups is 11. The predicted molar refractivity (Wildman–Crippen MR) is 436 cm³/mol. The van der Waals surface area contributed by atoms with E-state index in [-0.39, 0.29) is 84.0 Å². The van der Waals surface area contributed by atoms with E-state index in [1.807, 2.05) is 0 Å². The number of nitrogens with one attached hydrogen (secondary N) is 10. The van der Waals surface area contributed by atoms with E-state index in [9.17, 15) is 123 Å². The quantitative estimate of drug-likeness (QED) is 0.0166. The van der Waals surface area contributed by atoms with E-state index in [0.29, 0.717) is 0 Å². The third-order valence-electron chi connectivity index (χ3n) is 20.2. The Kier molecular flexibility index (Phi) is 43.0. The van der Waals surface area contributed by atoms with E-state index >= 15 is 0 Å². The van der Waals surface area contributed by atoms with Gasteiger partial charge < -0.3 is 177 Å². The molecule has 8 unspecified atom stereocenters. The standard InChI is InChI=1S/C71H118N16O38P2.6H2/c1-36(2)126(109,110)119-27-46-42(21-55(121-46)87-35-81-59-66(72)79-34-80-67(59)87)125-127(111,112)120-26-40-20-41(94)22-86(40)54(102)7-6-53(101)85-71(28-113-14-8-47(95)73-31-76-50(98)11-17-116-68-56(82-37(3)91)63(106)60(103)43(23-88)122-68,29-114-15-9-48(96)74-32-77-51(99)12-18-117-69-57(83-38(4)92)64(107)61(104)44(24-89)123-69)30-115-16-10-49(97)75-33-78-52(100)13-19-118-70-58(84-39(5)93)65(108)62(105)45(25-90)124-70;;;;;;/h34-36,40-46,55-58,60-65,68-70,88-90,94,103-108H,6-33H2,1-5H3,(H,73,95)(H,74,96)(H,75,97)(H,76,98)(H,77,99)(H,78,100)(H,82,91)(H,83,92)(H,84,93)(H,85,101)(H,109,110)(H,111,112)(H2,72,79,80);6*1H/t40-,41+,42-,43?,44?,45?,46+,55+,56-,57-,58-,60-,61-,62-,63?,64?,65?,68+,69+,70+,71?;;;;;;/m0....../s1. The Balaban J connectivity index is 0.0000147. The lowest BCUT2D eigenvalue weighted by Gasteiger charge is -2.42. The summed E-state index contributed by atoms with van der Waals surface area (Å²) in [5.41, 5.74) is 3.64. The van der Waals surface area contributed by atoms with Gasteiger partial charge in [-0.25, -0.2) is 19.5 Å². The van der Waals surface area contributed by atoms with Crippen LogP contribution in [0.3, 0.4) is 0 Å². The molecule has 2 aromatic heterocycles. The van der Waals surface area contributed by atoms with Gasteiger partial charge in [0, 0.05) is 55.1 Å². The minimum atomic E-state index is -5.20. The highest BCUT2D eigenvalue weighted by Gasteiger charge is 2.50. The summed E-state index contributed by atoms with van der Waals surface area (Å²) in [5, 5.41) is 127. The van der Waals surface area contributed by atoms with Crippen LogP contribution in [-0.2, 0) is 123 Å². The van der Waals surface area contributed by atoms with Crippen molar-refractivity contribution in [1.29, 1.82) is 0 Å². The summed E-state index contributed by atoms with van der Waals surface area (Å²) in [6, 6.07) is -5.02. The number of hydrogen-bond acceptors (Lipinski definition) is 40. The normalized spacial score (nSPS) is 28.0. The molecule has 7 heterocycles. The van der Waals surface area contributed by atoms with Crippen molar-refractivity contribution in [1.82, 2.24) is 77.6 Å². The van der Waals surface area contributed by atoms with Gasteiger partial charge in [0.15, 0.2) is 30.3 Å². The summed E-state index contributed by atoms with van der Waals surface area (Å²) in [7, 11) is -9.45. The lowest BCUT2D eigenvalue weighted by atomic mass is 9.97. The molecule has 7 rings (SSSR count). The molecular formula is C71H130N16O38P2. The summed E-state index contributed by atoms with van der Waals surface area (Å²) in [6.07, 6.45) is -24.4. The van der Waals surface area contributed by atoms with Crippen molar-refractivity contribution in [3.05, 3.63) is 12.7 Å². The topological polar surface area (TPSA) is 778 Å². The fraction of sp³-hybridized carbons (Fsp3) is 0.775. The Bertz CT molecular complexity index is 3850. The number of phosphoric ester groups is 1. The van der Waals surface area contributed by atoms with Gasteiger partial charge in [-0.3, -0.25) is 70.9 Å². The monoisotopic (exact) mass is 1880 g/mol. The third-order valence-corrected chi connectivity index (χ3v) is 23.0. The summed E-state index contributed by atoms with van der Waals surface area (Å²) in [6.45, 7) is -3.29. The highest BCUT2D eigenvalue weighted by atomic mass is 31.2. The van der Waals surface area contributed by atoms with Crippen LogP contribution < -0.4 is 58.9 Å². The molecule has 0 radical (unpaired) electrons. The first-order valence-electron chi connectivity index (χ1n) is 40.5. The van der Waals surface area contributed by atoms with Crippen LogP contribution in [0.15, 0.2) is 12.7 Å². The number of nitrogen functional groups attached to an aromatic ring is 1. The number of likely N-dealkylation sites (tertiary alicyclic amines) is 1. The van der Waals surface area contributed by atoms with Gasteiger partial charge >= 0.3 is 15.4 Å². The number of imidazole rings is 1. The smallest absolute Gasteiger partial charge is 0.394 e. The van der Waals surface area contributed by atoms with Gasteiger partial charge in [-0.15, -0.1) is 0 Å². The van der Waals surface area contributed by atoms with Crippen molar-refractivity contribution >= 4 is 97.4 Å². The second-order valence-electron chi connectivity index (χ2n) is 30.4. The maximum atomic E-state index is 14.4. The number of carbonyl (C=O) groups excluding carboxylic acids is 11. The molecule has 54 nitrogen and oxygen atoms in total. The molecule has 56 heteroatoms. The minimum Gasteiger partial charge on any atom is -0.394 e. The lowest BCUT2D eigenvalue weighted by Crippen LogP contribution is -2.64. The second kappa shape index (κ2) is 51.5. The van der Waals surface area contributed by atoms with Crippen molar-refractivity contribution in [2.24, 2.45) is 0 Å². The van der Waals surface area contributed by atoms with Crippen LogP contribution in [0, 0.1) is 0 Å². The number of aliphatic hydroxyl groups is 10. The fourth-order valence-electron chi connectivity index (χ4n) is 13.4. The Hall–Kier alpha value is -8.02. The van der Waals surface area contributed by atoms with E-state index in [1.54, 1.807) is 0 Å². The van der Waals surface area contributed by atoms with Gasteiger partial charge in [0.25, 0.3) is 0 Å². The summed E-state index contributed by atoms with van der Waals surface area (Å²) in [5.74, 6) is -7.69. The molecule has 0 aromatic carbocycles. The average Bonchev–Trinajstić information content (AvgIpc) is 1.65. The molecule has 0 spiro atoms. The maximum Gasteiger partial charge on any atom is 0.472 e. The number of aliphatic hydroxyl groups excluding tert-OH is 10. The molecule has 0 aliphatic carbocycles. The van der Waals surface area contributed by atoms with Crippen LogP contribution in [0.25, 0.3) is 11.2 Å². The number of aromatic nitrogens is 4. The van der Waals surface area contributed by atoms with Crippen molar-refractivity contribution in [3.63, 3.8) is 0 Å². The summed E-state index contributed by atoms with van der Waals surface area (Å²) >= 11 is 0. The maximum absolute atomic E-state index is 14.4. The SMILES string of the molecule is CC(=O)N[C@H]1C(O)[C@@H](O)C(CO)O[C@H]1OCCC(=O)NCNC(=O)CCOCC(COCCC(=O)NCNC(=O)CCO[C@@H]1OC(CO)[C@H](O)C(O)[C@@H]1NC(C)=O)(COCCC(=O)NCNC(=O)CCO[C@@H]1OC(CO)[C@H](O)C(O)[C@@H]1NC(C)=O)NC(=O)CCC(=O)N1C[C@H](O)C[C@H]1COP(=O)(O)O[C@H]1C[C@H](n2cnc3c(N)ncnc32)O[C@@H]1COP(=O)(O)C(C)C.[HH].[HH].[HH].[HH].[HH].[HH]. The van der Waals surface area contributed by atoms with Crippen molar-refractivity contribution in [2.45, 2.75) is 233 Å². The molecule has 5 saturated heterocycles. The summed E-state index contributed by atoms with van der Waals surface area (Å²) in [4.78, 5) is 178. The largest absolute Gasteiger partial charge is 0.472 e. The molecule has 0 bridgehead atoms. The Morgan fingerprint density at radius 1 is 0.520 bits per heavy atom. The molecule has 732 valence electrons. The van der Waals surface area contributed by atoms with E-state index in [2.05, 4.69) is 68.1 Å². The number of ether oxygens (including phenoxy) is 10. The number of hydrogen-bond donors (Lipinski definition) is 23. The highest BCUT2D eigenvalue weighted by Crippen LogP contribution is 2.52. The van der Waals surface area contributed by atoms with Gasteiger partial charge in [0.2, 0.25) is 65.0 Å². The first-order valence-corrected chi connectivity index (χ1v) is 43.7. The van der Waals surface area contributed by atoms with E-state index in [4.69, 9.17) is 66.7 Å². The molecule has 2 aromatic rings. The summed E-state index contributed by atoms with van der Waals surface area (Å²) < 4.78 is 102. The van der Waals surface area contributed by atoms with Crippen LogP contribution in [0.5, 0.6) is 0 Å². The molecule has 24 N–H and O–H groups in total. The van der Waals surface area contributed by atoms with Gasteiger partial charge in [0.1, 0.15) is 109 Å². The minimum absolute atomic E-state index is 0. The van der Waals surface area contributed by atoms with Crippen LogP contribution in [0.1, 0.15) is 114 Å². The zero-order chi connectivity index (χ0) is 93.5. The number of rotatable bonds is 53. The van der Waals surface area contributed by atoms with E-state index < -0.39 is 339 Å². The van der Waals surface area contributed by atoms with Crippen molar-refractivity contribution in [3.8, 4) is 0 Å². The van der Waals surface area contributed by atoms with E-state index in [1.165, 1.54) is 31.1 Å². The predicted octanol–water partition coefficient (Wildman–Crippen LogP) is -9.28. The number of nitrogens with two attached hydrogens (primary N) is 1. The Morgan fingerprint density at radius 3 is 1.31 bits per heavy atom. The van der Waals surface area contributed by atoms with Gasteiger partial charge in [0.05, 0.1) is 175 Å². The zero-order valence-electron chi connectivity index (χ0n) is 70.3. The molecule has 11 amide bonds. The highest BCUT2D eigenvalue weighted by molar-refractivity contribution is 7.53. The van der Waals surface area contributed by atoms with Crippen molar-refractivity contribution in [2.75, 3.05) is 125 Å². The number of β-amino-alcohol motifs (C(OH)–C–C–N with tert-alkyl or cyclic N) is 1. The Labute approximate surface area is 735 Å². The molecule has 5 aliphatic heterocycles. The molecule has 0 saturated carbocycles. The molecule has 22 atom stereocenters. The van der Waals surface area contributed by atoms with Gasteiger partial charge in [-0.2, -0.15) is 0 Å². The number of nitrogens with zero attached hydrogens (tertiary/aromatic N) is 5. The van der Waals surface area contributed by atoms with E-state index in [0.717, 1.165) is 25.7 Å². The van der Waals surface area contributed by atoms with Crippen LogP contribution in [-0.4, -0.2) is 397 Å². The molecule has 127 heavy (non-hydrogen) atoms. The third kappa shape index (κ3) is 33.4. The number of fused-ring (bicyclic) bond motifs is 1. The number of phosphoric acid groups is 1. The number of amides is 11. The van der Waals surface area contributed by atoms with Gasteiger partial charge in [-0.05, 0) is 6.42 Å². The van der Waals surface area contributed by atoms with Crippen LogP contribution >= 0.6 is 15.4 Å². The second-order valence-corrected chi connectivity index (χ2v) is 34.3. The molecular weight excluding hydrogens is 1750 g/mol. The van der Waals surface area contributed by atoms with Crippen LogP contribution in [0.2, 0.25) is 0 Å². The van der Waals surface area contributed by atoms with Crippen LogP contribution in [0.4, 0.5) is 5.82 Å². The first-order chi connectivity index (χ1) is 60.2. The van der Waals surface area contributed by atoms with Crippen molar-refractivity contribution < 1.29 is 192 Å².